The summed E-state index contributed by atoms with van der Waals surface area (Å²) in [6, 6.07) is 11.9. The van der Waals surface area contributed by atoms with E-state index in [1.165, 1.54) is 17.3 Å². The molecule has 0 saturated carbocycles. The number of ether oxygens (including phenoxy) is 2. The van der Waals surface area contributed by atoms with E-state index in [-0.39, 0.29) is 5.91 Å². The molecule has 2 aromatic heterocycles. The molecule has 10 heteroatoms. The van der Waals surface area contributed by atoms with Crippen LogP contribution in [0, 0.1) is 0 Å². The first kappa shape index (κ1) is 23.2. The summed E-state index contributed by atoms with van der Waals surface area (Å²) in [6.45, 7) is 5.09. The van der Waals surface area contributed by atoms with E-state index in [1.54, 1.807) is 7.11 Å². The Hall–Kier alpha value is -3.60. The lowest BCUT2D eigenvalue weighted by Crippen LogP contribution is -2.48. The number of aromatic nitrogens is 3. The third-order valence-electron chi connectivity index (χ3n) is 6.24. The normalized spacial score (nSPS) is 16.1. The quantitative estimate of drug-likeness (QED) is 0.389. The van der Waals surface area contributed by atoms with Gasteiger partial charge in [-0.1, -0.05) is 12.1 Å². The first-order valence-corrected chi connectivity index (χ1v) is 11.7. The molecular formula is C25H29N7O3. The second kappa shape index (κ2) is 9.95. The number of nitrogens with one attached hydrogen (secondary N) is 4. The molecule has 2 aliphatic rings. The monoisotopic (exact) mass is 475 g/mol. The van der Waals surface area contributed by atoms with E-state index in [9.17, 15) is 4.79 Å². The molecule has 35 heavy (non-hydrogen) atoms. The third-order valence-corrected chi connectivity index (χ3v) is 6.24. The number of nitrogens with zero attached hydrogens (tertiary/aromatic N) is 3. The number of carbonyl (C=O) groups excluding carboxylic acids is 1. The number of fused-ring (bicyclic) bond motifs is 1. The van der Waals surface area contributed by atoms with Gasteiger partial charge in [0.25, 0.3) is 5.91 Å². The Bertz CT molecular complexity index is 1220. The first-order valence-electron chi connectivity index (χ1n) is 11.7. The predicted molar refractivity (Wildman–Crippen MR) is 132 cm³/mol. The predicted octanol–water partition coefficient (Wildman–Crippen LogP) is 2.63. The van der Waals surface area contributed by atoms with Gasteiger partial charge in [0.2, 0.25) is 5.95 Å². The standard InChI is InChI=1S/C25H29N7O3/c1-3-27-23(33)19-13-28-24(29-18-8-7-17-12-26-10-9-16(17)11-18)32-22(19)31-21-6-4-5-20(30-21)25(34-2)14-35-15-25/h4-8,11,13,26H,3,9-10,12,14-15H2,1-2H3,(H,27,33)(H2,28,29,30,31,32). The summed E-state index contributed by atoms with van der Waals surface area (Å²) in [4.78, 5) is 26.4. The lowest BCUT2D eigenvalue weighted by atomic mass is 9.97. The molecule has 0 unspecified atom stereocenters. The highest BCUT2D eigenvalue weighted by molar-refractivity contribution is 5.99. The Labute approximate surface area is 203 Å². The van der Waals surface area contributed by atoms with Crippen LogP contribution in [0.1, 0.15) is 34.1 Å². The van der Waals surface area contributed by atoms with Crippen molar-refractivity contribution in [1.29, 1.82) is 0 Å². The van der Waals surface area contributed by atoms with Gasteiger partial charge in [-0.2, -0.15) is 4.98 Å². The van der Waals surface area contributed by atoms with Gasteiger partial charge < -0.3 is 30.7 Å². The molecule has 2 aliphatic heterocycles. The lowest BCUT2D eigenvalue weighted by Gasteiger charge is -2.39. The molecular weight excluding hydrogens is 446 g/mol. The van der Waals surface area contributed by atoms with Gasteiger partial charge >= 0.3 is 0 Å². The van der Waals surface area contributed by atoms with E-state index in [0.29, 0.717) is 42.9 Å². The summed E-state index contributed by atoms with van der Waals surface area (Å²) in [5.41, 5.74) is 4.03. The molecule has 1 aromatic carbocycles. The molecule has 0 spiro atoms. The Kier molecular flexibility index (Phi) is 6.58. The number of benzene rings is 1. The van der Waals surface area contributed by atoms with Crippen molar-refractivity contribution in [2.75, 3.05) is 44.0 Å². The van der Waals surface area contributed by atoms with Gasteiger partial charge in [-0.15, -0.1) is 0 Å². The van der Waals surface area contributed by atoms with Crippen LogP contribution < -0.4 is 21.3 Å². The van der Waals surface area contributed by atoms with Crippen LogP contribution >= 0.6 is 0 Å². The van der Waals surface area contributed by atoms with Crippen LogP contribution in [0.2, 0.25) is 0 Å². The van der Waals surface area contributed by atoms with E-state index in [2.05, 4.69) is 43.4 Å². The number of hydrogen-bond donors (Lipinski definition) is 4. The van der Waals surface area contributed by atoms with Gasteiger partial charge in [0, 0.05) is 32.1 Å². The average molecular weight is 476 g/mol. The van der Waals surface area contributed by atoms with Crippen LogP contribution in [0.4, 0.5) is 23.3 Å². The van der Waals surface area contributed by atoms with E-state index in [1.807, 2.05) is 31.2 Å². The number of pyridine rings is 1. The van der Waals surface area contributed by atoms with E-state index < -0.39 is 5.60 Å². The summed E-state index contributed by atoms with van der Waals surface area (Å²) in [7, 11) is 1.65. The lowest BCUT2D eigenvalue weighted by molar-refractivity contribution is -0.204. The Morgan fingerprint density at radius 2 is 2.06 bits per heavy atom. The van der Waals surface area contributed by atoms with Crippen molar-refractivity contribution in [2.45, 2.75) is 25.5 Å². The van der Waals surface area contributed by atoms with Crippen LogP contribution in [0.15, 0.2) is 42.6 Å². The third kappa shape index (κ3) is 4.81. The zero-order valence-corrected chi connectivity index (χ0v) is 19.9. The molecule has 0 aliphatic carbocycles. The number of anilines is 4. The van der Waals surface area contributed by atoms with E-state index in [0.717, 1.165) is 30.9 Å². The summed E-state index contributed by atoms with van der Waals surface area (Å²) >= 11 is 0. The molecule has 4 heterocycles. The molecule has 4 N–H and O–H groups in total. The zero-order valence-electron chi connectivity index (χ0n) is 19.9. The van der Waals surface area contributed by atoms with Crippen molar-refractivity contribution in [3.63, 3.8) is 0 Å². The first-order chi connectivity index (χ1) is 17.1. The fourth-order valence-electron chi connectivity index (χ4n) is 4.18. The van der Waals surface area contributed by atoms with Crippen LogP contribution in [0.3, 0.4) is 0 Å². The molecule has 1 saturated heterocycles. The van der Waals surface area contributed by atoms with Crippen molar-refractivity contribution >= 4 is 29.2 Å². The molecule has 3 aromatic rings. The van der Waals surface area contributed by atoms with Crippen LogP contribution in [-0.2, 0) is 28.0 Å². The van der Waals surface area contributed by atoms with Gasteiger partial charge in [-0.05, 0) is 55.3 Å². The fraction of sp³-hybridized carbons (Fsp3) is 0.360. The van der Waals surface area contributed by atoms with Crippen molar-refractivity contribution in [3.8, 4) is 0 Å². The van der Waals surface area contributed by atoms with Crippen molar-refractivity contribution in [1.82, 2.24) is 25.6 Å². The SMILES string of the molecule is CCNC(=O)c1cnc(Nc2ccc3c(c2)CCNC3)nc1Nc1cccc(C2(OC)COC2)n1. The molecule has 0 atom stereocenters. The maximum atomic E-state index is 12.7. The summed E-state index contributed by atoms with van der Waals surface area (Å²) in [5, 5.41) is 12.7. The maximum absolute atomic E-state index is 12.7. The molecule has 0 bridgehead atoms. The second-order valence-electron chi connectivity index (χ2n) is 8.57. The van der Waals surface area contributed by atoms with Crippen LogP contribution in [-0.4, -0.2) is 54.3 Å². The average Bonchev–Trinajstić information content (AvgIpc) is 2.84. The van der Waals surface area contributed by atoms with Crippen molar-refractivity contribution in [3.05, 3.63) is 65.0 Å². The summed E-state index contributed by atoms with van der Waals surface area (Å²) in [6.07, 6.45) is 2.50. The largest absolute Gasteiger partial charge is 0.374 e. The molecule has 182 valence electrons. The maximum Gasteiger partial charge on any atom is 0.256 e. The highest BCUT2D eigenvalue weighted by atomic mass is 16.6. The minimum Gasteiger partial charge on any atom is -0.374 e. The molecule has 1 fully saturated rings. The minimum atomic E-state index is -0.555. The van der Waals surface area contributed by atoms with Crippen molar-refractivity contribution < 1.29 is 14.3 Å². The van der Waals surface area contributed by atoms with E-state index in [4.69, 9.17) is 14.5 Å². The number of hydrogen-bond acceptors (Lipinski definition) is 9. The fourth-order valence-corrected chi connectivity index (χ4v) is 4.18. The highest BCUT2D eigenvalue weighted by Crippen LogP contribution is 2.33. The van der Waals surface area contributed by atoms with Crippen LogP contribution in [0.25, 0.3) is 0 Å². The minimum absolute atomic E-state index is 0.264. The zero-order chi connectivity index (χ0) is 24.3. The van der Waals surface area contributed by atoms with Gasteiger partial charge in [-0.25, -0.2) is 9.97 Å². The summed E-state index contributed by atoms with van der Waals surface area (Å²) in [5.74, 6) is 1.02. The number of rotatable bonds is 8. The van der Waals surface area contributed by atoms with Gasteiger partial charge in [0.05, 0.1) is 18.9 Å². The van der Waals surface area contributed by atoms with Crippen LogP contribution in [0.5, 0.6) is 0 Å². The van der Waals surface area contributed by atoms with Gasteiger partial charge in [0.15, 0.2) is 5.60 Å². The Morgan fingerprint density at radius 1 is 1.17 bits per heavy atom. The van der Waals surface area contributed by atoms with E-state index >= 15 is 0 Å². The number of carbonyl (C=O) groups is 1. The smallest absolute Gasteiger partial charge is 0.256 e. The van der Waals surface area contributed by atoms with Gasteiger partial charge in [0.1, 0.15) is 17.2 Å². The topological polar surface area (TPSA) is 122 Å². The van der Waals surface area contributed by atoms with Crippen molar-refractivity contribution in [2.24, 2.45) is 0 Å². The molecule has 5 rings (SSSR count). The molecule has 1 amide bonds. The summed E-state index contributed by atoms with van der Waals surface area (Å²) < 4.78 is 11.0. The second-order valence-corrected chi connectivity index (χ2v) is 8.57. The number of amides is 1. The highest BCUT2D eigenvalue weighted by Gasteiger charge is 2.42. The molecule has 0 radical (unpaired) electrons. The Morgan fingerprint density at radius 3 is 2.83 bits per heavy atom. The van der Waals surface area contributed by atoms with Gasteiger partial charge in [-0.3, -0.25) is 4.79 Å². The molecule has 10 nitrogen and oxygen atoms in total. The Balaban J connectivity index is 1.43. The number of methoxy groups -OCH3 is 1.